The Morgan fingerprint density at radius 2 is 2.31 bits per heavy atom. The van der Waals surface area contributed by atoms with E-state index in [-0.39, 0.29) is 17.9 Å². The second-order valence-electron chi connectivity index (χ2n) is 4.86. The molecule has 4 nitrogen and oxygen atoms in total. The van der Waals surface area contributed by atoms with Gasteiger partial charge < -0.3 is 15.4 Å². The molecule has 0 spiro atoms. The molecule has 4 heteroatoms. The summed E-state index contributed by atoms with van der Waals surface area (Å²) in [5.74, 6) is 0.704. The van der Waals surface area contributed by atoms with Crippen molar-refractivity contribution in [3.63, 3.8) is 0 Å². The number of hydrogen-bond donors (Lipinski definition) is 2. The third-order valence-electron chi connectivity index (χ3n) is 3.15. The fourth-order valence-electron chi connectivity index (χ4n) is 1.96. The number of hydrogen-bond acceptors (Lipinski definition) is 3. The zero-order chi connectivity index (χ0) is 12.0. The molecule has 0 aliphatic carbocycles. The van der Waals surface area contributed by atoms with Crippen LogP contribution < -0.4 is 10.6 Å². The van der Waals surface area contributed by atoms with Crippen LogP contribution in [0.1, 0.15) is 26.7 Å². The van der Waals surface area contributed by atoms with Gasteiger partial charge in [0.05, 0.1) is 18.6 Å². The van der Waals surface area contributed by atoms with Gasteiger partial charge in [-0.3, -0.25) is 4.79 Å². The number of piperidine rings is 1. The molecule has 0 aromatic rings. The Balaban J connectivity index is 2.40. The minimum absolute atomic E-state index is 0.124. The van der Waals surface area contributed by atoms with Gasteiger partial charge in [0, 0.05) is 13.7 Å². The van der Waals surface area contributed by atoms with Crippen molar-refractivity contribution in [1.82, 2.24) is 10.6 Å². The van der Waals surface area contributed by atoms with E-state index in [1.54, 1.807) is 7.11 Å². The molecule has 1 saturated heterocycles. The Labute approximate surface area is 98.1 Å². The van der Waals surface area contributed by atoms with Crippen molar-refractivity contribution in [3.05, 3.63) is 0 Å². The van der Waals surface area contributed by atoms with Gasteiger partial charge >= 0.3 is 0 Å². The molecule has 1 rings (SSSR count). The van der Waals surface area contributed by atoms with Crippen molar-refractivity contribution in [2.75, 3.05) is 26.8 Å². The van der Waals surface area contributed by atoms with Gasteiger partial charge in [-0.15, -0.1) is 0 Å². The zero-order valence-corrected chi connectivity index (χ0v) is 10.6. The first-order valence-corrected chi connectivity index (χ1v) is 6.15. The van der Waals surface area contributed by atoms with Crippen LogP contribution >= 0.6 is 0 Å². The molecule has 16 heavy (non-hydrogen) atoms. The zero-order valence-electron chi connectivity index (χ0n) is 10.6. The molecule has 1 fully saturated rings. The quantitative estimate of drug-likeness (QED) is 0.731. The molecule has 2 atom stereocenters. The minimum atomic E-state index is 0.124. The molecule has 0 saturated carbocycles. The summed E-state index contributed by atoms with van der Waals surface area (Å²) in [6, 6.07) is 0.124. The molecule has 1 heterocycles. The first kappa shape index (κ1) is 13.5. The molecule has 1 unspecified atom stereocenters. The third-order valence-corrected chi connectivity index (χ3v) is 3.15. The molecule has 0 aromatic heterocycles. The molecule has 0 aromatic carbocycles. The normalized spacial score (nSPS) is 23.1. The predicted molar refractivity (Wildman–Crippen MR) is 64.2 cm³/mol. The molecule has 1 aliphatic rings. The Kier molecular flexibility index (Phi) is 5.77. The largest absolute Gasteiger partial charge is 0.383 e. The molecule has 1 amide bonds. The van der Waals surface area contributed by atoms with E-state index in [0.29, 0.717) is 12.5 Å². The summed E-state index contributed by atoms with van der Waals surface area (Å²) >= 11 is 0. The van der Waals surface area contributed by atoms with Crippen molar-refractivity contribution < 1.29 is 9.53 Å². The monoisotopic (exact) mass is 228 g/mol. The van der Waals surface area contributed by atoms with Gasteiger partial charge in [0.25, 0.3) is 0 Å². The molecule has 94 valence electrons. The summed E-state index contributed by atoms with van der Waals surface area (Å²) in [5, 5.41) is 6.34. The fourth-order valence-corrected chi connectivity index (χ4v) is 1.96. The number of methoxy groups -OCH3 is 1. The fraction of sp³-hybridized carbons (Fsp3) is 0.917. The van der Waals surface area contributed by atoms with Crippen LogP contribution in [0.4, 0.5) is 0 Å². The van der Waals surface area contributed by atoms with Gasteiger partial charge in [0.15, 0.2) is 0 Å². The lowest BCUT2D eigenvalue weighted by atomic mass is 9.97. The number of amides is 1. The first-order chi connectivity index (χ1) is 7.65. The number of nitrogens with one attached hydrogen (secondary N) is 2. The van der Waals surface area contributed by atoms with Crippen molar-refractivity contribution in [2.45, 2.75) is 32.7 Å². The smallest absolute Gasteiger partial charge is 0.224 e. The van der Waals surface area contributed by atoms with Crippen LogP contribution in [0.25, 0.3) is 0 Å². The predicted octanol–water partition coefficient (Wildman–Crippen LogP) is 0.773. The van der Waals surface area contributed by atoms with E-state index in [2.05, 4.69) is 24.5 Å². The van der Waals surface area contributed by atoms with Gasteiger partial charge in [-0.05, 0) is 25.3 Å². The minimum Gasteiger partial charge on any atom is -0.383 e. The van der Waals surface area contributed by atoms with Gasteiger partial charge in [0.2, 0.25) is 5.91 Å². The lowest BCUT2D eigenvalue weighted by molar-refractivity contribution is -0.127. The lowest BCUT2D eigenvalue weighted by Crippen LogP contribution is -2.47. The molecule has 0 radical (unpaired) electrons. The number of carbonyl (C=O) groups is 1. The van der Waals surface area contributed by atoms with Crippen LogP contribution in [0.15, 0.2) is 0 Å². The van der Waals surface area contributed by atoms with E-state index in [9.17, 15) is 4.79 Å². The third kappa shape index (κ3) is 4.10. The molecular weight excluding hydrogens is 204 g/mol. The highest BCUT2D eigenvalue weighted by Gasteiger charge is 2.24. The van der Waals surface area contributed by atoms with Crippen LogP contribution in [0.5, 0.6) is 0 Å². The highest BCUT2D eigenvalue weighted by Crippen LogP contribution is 2.11. The highest BCUT2D eigenvalue weighted by atomic mass is 16.5. The Morgan fingerprint density at radius 3 is 2.81 bits per heavy atom. The van der Waals surface area contributed by atoms with Gasteiger partial charge in [-0.1, -0.05) is 13.8 Å². The van der Waals surface area contributed by atoms with E-state index in [1.807, 2.05) is 0 Å². The summed E-state index contributed by atoms with van der Waals surface area (Å²) < 4.78 is 5.12. The molecule has 0 bridgehead atoms. The number of ether oxygens (including phenoxy) is 1. The number of carbonyl (C=O) groups excluding carboxylic acids is 1. The van der Waals surface area contributed by atoms with Crippen LogP contribution in [0.2, 0.25) is 0 Å². The van der Waals surface area contributed by atoms with E-state index < -0.39 is 0 Å². The summed E-state index contributed by atoms with van der Waals surface area (Å²) in [6.45, 7) is 6.63. The van der Waals surface area contributed by atoms with E-state index in [4.69, 9.17) is 4.74 Å². The van der Waals surface area contributed by atoms with Gasteiger partial charge in [-0.2, -0.15) is 0 Å². The average molecular weight is 228 g/mol. The highest BCUT2D eigenvalue weighted by molar-refractivity contribution is 5.79. The second-order valence-corrected chi connectivity index (χ2v) is 4.86. The SMILES string of the molecule is COCC(NC(=O)[C@H]1CCCNC1)C(C)C. The van der Waals surface area contributed by atoms with E-state index in [1.165, 1.54) is 0 Å². The topological polar surface area (TPSA) is 50.4 Å². The second kappa shape index (κ2) is 6.86. The Bertz CT molecular complexity index is 213. The summed E-state index contributed by atoms with van der Waals surface area (Å²) in [7, 11) is 1.67. The summed E-state index contributed by atoms with van der Waals surface area (Å²) in [5.41, 5.74) is 0. The molecular formula is C12H24N2O2. The summed E-state index contributed by atoms with van der Waals surface area (Å²) in [6.07, 6.45) is 2.09. The van der Waals surface area contributed by atoms with Gasteiger partial charge in [0.1, 0.15) is 0 Å². The average Bonchev–Trinajstić information content (AvgIpc) is 2.29. The van der Waals surface area contributed by atoms with E-state index in [0.717, 1.165) is 25.9 Å². The van der Waals surface area contributed by atoms with Crippen molar-refractivity contribution in [2.24, 2.45) is 11.8 Å². The first-order valence-electron chi connectivity index (χ1n) is 6.15. The lowest BCUT2D eigenvalue weighted by Gasteiger charge is -2.27. The van der Waals surface area contributed by atoms with E-state index >= 15 is 0 Å². The van der Waals surface area contributed by atoms with Crippen LogP contribution in [-0.2, 0) is 9.53 Å². The Hall–Kier alpha value is -0.610. The van der Waals surface area contributed by atoms with Crippen molar-refractivity contribution in [3.8, 4) is 0 Å². The standard InChI is InChI=1S/C12H24N2O2/c1-9(2)11(8-16-3)14-12(15)10-5-4-6-13-7-10/h9-11,13H,4-8H2,1-3H3,(H,14,15)/t10-,11?/m0/s1. The summed E-state index contributed by atoms with van der Waals surface area (Å²) in [4.78, 5) is 12.0. The van der Waals surface area contributed by atoms with Crippen molar-refractivity contribution in [1.29, 1.82) is 0 Å². The maximum atomic E-state index is 12.0. The maximum absolute atomic E-state index is 12.0. The van der Waals surface area contributed by atoms with Crippen LogP contribution in [0, 0.1) is 11.8 Å². The van der Waals surface area contributed by atoms with Crippen molar-refractivity contribution >= 4 is 5.91 Å². The Morgan fingerprint density at radius 1 is 1.56 bits per heavy atom. The molecule has 2 N–H and O–H groups in total. The molecule has 1 aliphatic heterocycles. The number of rotatable bonds is 5. The van der Waals surface area contributed by atoms with Crippen LogP contribution in [-0.4, -0.2) is 38.8 Å². The maximum Gasteiger partial charge on any atom is 0.224 e. The van der Waals surface area contributed by atoms with Crippen LogP contribution in [0.3, 0.4) is 0 Å². The van der Waals surface area contributed by atoms with Gasteiger partial charge in [-0.25, -0.2) is 0 Å².